The van der Waals surface area contributed by atoms with E-state index in [1.165, 1.54) is 38.6 Å². The van der Waals surface area contributed by atoms with Crippen LogP contribution in [0.5, 0.6) is 0 Å². The van der Waals surface area contributed by atoms with E-state index in [0.29, 0.717) is 5.82 Å². The van der Waals surface area contributed by atoms with Crippen molar-refractivity contribution in [3.05, 3.63) is 217 Å². The molecule has 0 unspecified atom stereocenters. The number of hydrogen-bond donors (Lipinski definition) is 0. The van der Waals surface area contributed by atoms with Gasteiger partial charge in [0.15, 0.2) is 5.82 Å². The Balaban J connectivity index is 0.995. The van der Waals surface area contributed by atoms with E-state index in [2.05, 4.69) is 190 Å². The molecule has 3 nitrogen and oxygen atoms in total. The van der Waals surface area contributed by atoms with Gasteiger partial charge in [-0.2, -0.15) is 0 Å². The van der Waals surface area contributed by atoms with Crippen LogP contribution in [-0.4, -0.2) is 9.97 Å². The topological polar surface area (TPSA) is 38.9 Å². The third-order valence-electron chi connectivity index (χ3n) is 12.8. The number of benzene rings is 9. The Kier molecular flexibility index (Phi) is 8.20. The van der Waals surface area contributed by atoms with Gasteiger partial charge < -0.3 is 4.42 Å². The van der Waals surface area contributed by atoms with Crippen molar-refractivity contribution in [3.63, 3.8) is 0 Å². The number of hydrogen-bond acceptors (Lipinski definition) is 3. The molecule has 0 amide bonds. The Labute approximate surface area is 360 Å². The van der Waals surface area contributed by atoms with E-state index in [1.807, 2.05) is 30.3 Å². The molecule has 1 aliphatic rings. The lowest BCUT2D eigenvalue weighted by Gasteiger charge is -2.23. The first-order valence-electron chi connectivity index (χ1n) is 21.3. The van der Waals surface area contributed by atoms with Crippen LogP contribution in [0.4, 0.5) is 0 Å². The molecular weight excluding hydrogens is 753 g/mol. The smallest absolute Gasteiger partial charge is 0.160 e. The second-order valence-electron chi connectivity index (χ2n) is 17.0. The maximum Gasteiger partial charge on any atom is 0.160 e. The predicted molar refractivity (Wildman–Crippen MR) is 257 cm³/mol. The van der Waals surface area contributed by atoms with Crippen LogP contribution in [0, 0.1) is 0 Å². The molecule has 0 saturated heterocycles. The molecule has 0 N–H and O–H groups in total. The first-order chi connectivity index (χ1) is 30.4. The lowest BCUT2D eigenvalue weighted by molar-refractivity contribution is 0.666. The summed E-state index contributed by atoms with van der Waals surface area (Å²) < 4.78 is 6.22. The molecule has 9 aromatic carbocycles. The van der Waals surface area contributed by atoms with Gasteiger partial charge in [0.05, 0.1) is 11.4 Å². The minimum Gasteiger partial charge on any atom is -0.456 e. The van der Waals surface area contributed by atoms with Crippen LogP contribution < -0.4 is 0 Å². The van der Waals surface area contributed by atoms with Crippen molar-refractivity contribution in [2.45, 2.75) is 19.3 Å². The molecule has 0 fully saturated rings. The Morgan fingerprint density at radius 1 is 0.355 bits per heavy atom. The van der Waals surface area contributed by atoms with Gasteiger partial charge in [0.25, 0.3) is 0 Å². The number of furan rings is 1. The molecule has 0 atom stereocenters. The first kappa shape index (κ1) is 36.0. The summed E-state index contributed by atoms with van der Waals surface area (Å²) >= 11 is 0. The van der Waals surface area contributed by atoms with Crippen molar-refractivity contribution in [3.8, 4) is 78.4 Å². The highest BCUT2D eigenvalue weighted by Gasteiger charge is 2.37. The van der Waals surface area contributed by atoms with Crippen LogP contribution in [0.3, 0.4) is 0 Å². The first-order valence-corrected chi connectivity index (χ1v) is 21.3. The summed E-state index contributed by atoms with van der Waals surface area (Å²) in [6.45, 7) is 4.74. The van der Waals surface area contributed by atoms with Gasteiger partial charge in [-0.05, 0) is 121 Å². The Bertz CT molecular complexity index is 3540. The van der Waals surface area contributed by atoms with Crippen molar-refractivity contribution < 1.29 is 4.42 Å². The zero-order chi connectivity index (χ0) is 41.4. The zero-order valence-electron chi connectivity index (χ0n) is 34.4. The van der Waals surface area contributed by atoms with E-state index in [0.717, 1.165) is 77.8 Å². The monoisotopic (exact) mass is 792 g/mol. The van der Waals surface area contributed by atoms with Gasteiger partial charge in [0.1, 0.15) is 11.2 Å². The number of fused-ring (bicyclic) bond motifs is 8. The van der Waals surface area contributed by atoms with Gasteiger partial charge in [-0.25, -0.2) is 9.97 Å². The second-order valence-corrected chi connectivity index (χ2v) is 17.0. The predicted octanol–water partition coefficient (Wildman–Crippen LogP) is 15.8. The molecule has 0 aliphatic heterocycles. The van der Waals surface area contributed by atoms with Crippen LogP contribution in [-0.2, 0) is 5.41 Å². The largest absolute Gasteiger partial charge is 0.456 e. The number of rotatable bonds is 6. The number of nitrogens with zero attached hydrogens (tertiary/aromatic N) is 2. The highest BCUT2D eigenvalue weighted by atomic mass is 16.3. The fourth-order valence-corrected chi connectivity index (χ4v) is 9.74. The average Bonchev–Trinajstić information content (AvgIpc) is 3.82. The van der Waals surface area contributed by atoms with Crippen LogP contribution in [0.25, 0.3) is 111 Å². The SMILES string of the molecule is CC1(C)c2cc(-c3cccc(-c4cc(-c5cc(-c6ccccc6)cc(-c6ccc7oc8ccccc8c7c6)c5)nc(-c5ccccc5)n4)c3)ccc2-c2ccc3ccccc3c21. The molecule has 0 radical (unpaired) electrons. The summed E-state index contributed by atoms with van der Waals surface area (Å²) in [4.78, 5) is 10.6. The summed E-state index contributed by atoms with van der Waals surface area (Å²) in [6.07, 6.45) is 0. The average molecular weight is 793 g/mol. The van der Waals surface area contributed by atoms with Crippen LogP contribution in [0.2, 0.25) is 0 Å². The van der Waals surface area contributed by atoms with E-state index < -0.39 is 0 Å². The molecule has 2 heterocycles. The normalized spacial score (nSPS) is 12.8. The molecule has 62 heavy (non-hydrogen) atoms. The van der Waals surface area contributed by atoms with E-state index in [-0.39, 0.29) is 5.41 Å². The molecule has 2 aromatic heterocycles. The number of aromatic nitrogens is 2. The summed E-state index contributed by atoms with van der Waals surface area (Å²) in [5, 5.41) is 4.83. The Hall–Kier alpha value is -7.88. The van der Waals surface area contributed by atoms with Crippen molar-refractivity contribution in [1.29, 1.82) is 0 Å². The minimum absolute atomic E-state index is 0.142. The van der Waals surface area contributed by atoms with Gasteiger partial charge in [0, 0.05) is 32.9 Å². The lowest BCUT2D eigenvalue weighted by Crippen LogP contribution is -2.15. The molecule has 0 bridgehead atoms. The van der Waals surface area contributed by atoms with Crippen LogP contribution in [0.1, 0.15) is 25.0 Å². The zero-order valence-corrected chi connectivity index (χ0v) is 34.4. The second kappa shape index (κ2) is 14.1. The Morgan fingerprint density at radius 2 is 0.919 bits per heavy atom. The van der Waals surface area contributed by atoms with Crippen LogP contribution >= 0.6 is 0 Å². The van der Waals surface area contributed by atoms with Gasteiger partial charge >= 0.3 is 0 Å². The van der Waals surface area contributed by atoms with E-state index in [1.54, 1.807) is 0 Å². The molecule has 3 heteroatoms. The van der Waals surface area contributed by atoms with Crippen molar-refractivity contribution in [2.24, 2.45) is 0 Å². The molecule has 292 valence electrons. The van der Waals surface area contributed by atoms with Gasteiger partial charge in [-0.1, -0.05) is 166 Å². The minimum atomic E-state index is -0.142. The van der Waals surface area contributed by atoms with E-state index in [4.69, 9.17) is 14.4 Å². The highest BCUT2D eigenvalue weighted by molar-refractivity contribution is 6.06. The Morgan fingerprint density at radius 3 is 1.74 bits per heavy atom. The highest BCUT2D eigenvalue weighted by Crippen LogP contribution is 2.52. The fourth-order valence-electron chi connectivity index (χ4n) is 9.74. The van der Waals surface area contributed by atoms with Gasteiger partial charge in [0.2, 0.25) is 0 Å². The number of para-hydroxylation sites is 1. The van der Waals surface area contributed by atoms with Crippen LogP contribution in [0.15, 0.2) is 211 Å². The third-order valence-corrected chi connectivity index (χ3v) is 12.8. The maximum absolute atomic E-state index is 6.22. The van der Waals surface area contributed by atoms with E-state index in [9.17, 15) is 0 Å². The lowest BCUT2D eigenvalue weighted by atomic mass is 9.79. The molecule has 0 saturated carbocycles. The van der Waals surface area contributed by atoms with Crippen molar-refractivity contribution >= 4 is 32.7 Å². The summed E-state index contributed by atoms with van der Waals surface area (Å²) in [5.74, 6) is 0.686. The van der Waals surface area contributed by atoms with Crippen molar-refractivity contribution in [1.82, 2.24) is 9.97 Å². The maximum atomic E-state index is 6.22. The summed E-state index contributed by atoms with van der Waals surface area (Å²) in [7, 11) is 0. The molecule has 1 aliphatic carbocycles. The van der Waals surface area contributed by atoms with Crippen molar-refractivity contribution in [2.75, 3.05) is 0 Å². The molecule has 12 rings (SSSR count). The molecular formula is C59H40N2O. The van der Waals surface area contributed by atoms with Gasteiger partial charge in [-0.15, -0.1) is 0 Å². The summed E-state index contributed by atoms with van der Waals surface area (Å²) in [5.41, 5.74) is 18.6. The standard InChI is InChI=1S/C59H40N2O/c1-59(2)52-35-42(25-27-48(52)50-28-24-38-16-9-10-21-47(38)57(50)59)40-19-13-20-43(30-40)53-36-54(61-58(60-53)39-17-7-4-8-18-39)46-32-44(37-14-5-3-6-15-37)31-45(33-46)41-26-29-56-51(34-41)49-22-11-12-23-55(49)62-56/h3-36H,1-2H3. The molecule has 11 aromatic rings. The summed E-state index contributed by atoms with van der Waals surface area (Å²) in [6, 6.07) is 73.8. The fraction of sp³-hybridized carbons (Fsp3) is 0.0508. The van der Waals surface area contributed by atoms with E-state index >= 15 is 0 Å². The molecule has 0 spiro atoms. The van der Waals surface area contributed by atoms with Gasteiger partial charge in [-0.3, -0.25) is 0 Å². The quantitative estimate of drug-likeness (QED) is 0.168. The third kappa shape index (κ3) is 5.96.